The van der Waals surface area contributed by atoms with E-state index in [0.29, 0.717) is 0 Å². The predicted molar refractivity (Wildman–Crippen MR) is 248 cm³/mol. The number of fused-ring (bicyclic) bond motifs is 16. The van der Waals surface area contributed by atoms with Crippen molar-refractivity contribution in [2.24, 2.45) is 0 Å². The minimum Gasteiger partial charge on any atom is -0.456 e. The maximum atomic E-state index is 6.63. The SMILES string of the molecule is CC1(C)C2=CCCC=C2c2cccc(N(c3ccc4c(c3)-c3ccccc3C43c4ccccc4-c4cc5c(cc43)oc3ccccc35)c3ccccc3-c3ccccc3)c21. The van der Waals surface area contributed by atoms with Gasteiger partial charge in [0.15, 0.2) is 0 Å². The predicted octanol–water partition coefficient (Wildman–Crippen LogP) is 15.5. The van der Waals surface area contributed by atoms with E-state index in [1.54, 1.807) is 0 Å². The monoisotopic (exact) mass is 767 g/mol. The summed E-state index contributed by atoms with van der Waals surface area (Å²) in [7, 11) is 0. The highest BCUT2D eigenvalue weighted by Crippen LogP contribution is 2.64. The second-order valence-corrected chi connectivity index (χ2v) is 17.4. The molecule has 1 aromatic heterocycles. The van der Waals surface area contributed by atoms with Crippen molar-refractivity contribution < 1.29 is 4.42 Å². The highest BCUT2D eigenvalue weighted by atomic mass is 16.3. The Kier molecular flexibility index (Phi) is 6.86. The lowest BCUT2D eigenvalue weighted by Gasteiger charge is -2.34. The summed E-state index contributed by atoms with van der Waals surface area (Å²) < 4.78 is 6.63. The maximum absolute atomic E-state index is 6.63. The van der Waals surface area contributed by atoms with Crippen molar-refractivity contribution >= 4 is 44.6 Å². The Morgan fingerprint density at radius 1 is 0.450 bits per heavy atom. The van der Waals surface area contributed by atoms with E-state index in [2.05, 4.69) is 207 Å². The van der Waals surface area contributed by atoms with Gasteiger partial charge in [0.05, 0.1) is 16.8 Å². The Morgan fingerprint density at radius 2 is 1.08 bits per heavy atom. The number of hydrogen-bond donors (Lipinski definition) is 0. The number of rotatable bonds is 4. The van der Waals surface area contributed by atoms with E-state index in [9.17, 15) is 0 Å². The first kappa shape index (κ1) is 33.8. The molecule has 1 heterocycles. The van der Waals surface area contributed by atoms with E-state index in [0.717, 1.165) is 46.2 Å². The summed E-state index contributed by atoms with van der Waals surface area (Å²) in [6.45, 7) is 4.84. The Hall–Kier alpha value is -7.16. The van der Waals surface area contributed by atoms with Gasteiger partial charge in [-0.1, -0.05) is 159 Å². The molecule has 284 valence electrons. The van der Waals surface area contributed by atoms with Gasteiger partial charge < -0.3 is 9.32 Å². The third-order valence-corrected chi connectivity index (χ3v) is 14.1. The lowest BCUT2D eigenvalue weighted by atomic mass is 9.70. The summed E-state index contributed by atoms with van der Waals surface area (Å²) in [6, 6.07) is 65.4. The highest BCUT2D eigenvalue weighted by molar-refractivity contribution is 6.09. The minimum absolute atomic E-state index is 0.162. The molecule has 1 unspecified atom stereocenters. The summed E-state index contributed by atoms with van der Waals surface area (Å²) in [4.78, 5) is 2.56. The Bertz CT molecular complexity index is 3360. The molecule has 1 spiro atoms. The van der Waals surface area contributed by atoms with Crippen LogP contribution in [-0.2, 0) is 10.8 Å². The molecule has 1 atom stereocenters. The summed E-state index contributed by atoms with van der Waals surface area (Å²) in [5.74, 6) is 0. The van der Waals surface area contributed by atoms with Gasteiger partial charge in [-0.3, -0.25) is 0 Å². The fraction of sp³-hybridized carbons (Fsp3) is 0.103. The van der Waals surface area contributed by atoms with E-state index >= 15 is 0 Å². The first-order valence-electron chi connectivity index (χ1n) is 21.3. The summed E-state index contributed by atoms with van der Waals surface area (Å²) in [5.41, 5.74) is 23.1. The van der Waals surface area contributed by atoms with Gasteiger partial charge in [-0.25, -0.2) is 0 Å². The fourth-order valence-corrected chi connectivity index (χ4v) is 11.7. The molecule has 8 aromatic carbocycles. The third-order valence-electron chi connectivity index (χ3n) is 14.1. The van der Waals surface area contributed by atoms with Crippen LogP contribution in [0, 0.1) is 0 Å². The minimum atomic E-state index is -0.499. The van der Waals surface area contributed by atoms with Gasteiger partial charge in [-0.15, -0.1) is 0 Å². The Morgan fingerprint density at radius 3 is 1.90 bits per heavy atom. The molecule has 0 saturated carbocycles. The molecular weight excluding hydrogens is 727 g/mol. The van der Waals surface area contributed by atoms with Crippen molar-refractivity contribution in [3.63, 3.8) is 0 Å². The van der Waals surface area contributed by atoms with Crippen LogP contribution in [0.2, 0.25) is 0 Å². The highest BCUT2D eigenvalue weighted by Gasteiger charge is 2.52. The molecule has 0 amide bonds. The number of benzene rings is 8. The van der Waals surface area contributed by atoms with Crippen LogP contribution in [0.4, 0.5) is 17.1 Å². The fourth-order valence-electron chi connectivity index (χ4n) is 11.7. The molecule has 2 nitrogen and oxygen atoms in total. The Balaban J connectivity index is 1.09. The first-order valence-corrected chi connectivity index (χ1v) is 21.3. The van der Waals surface area contributed by atoms with E-state index in [-0.39, 0.29) is 5.41 Å². The smallest absolute Gasteiger partial charge is 0.135 e. The van der Waals surface area contributed by atoms with E-state index in [4.69, 9.17) is 4.42 Å². The molecule has 13 rings (SSSR count). The zero-order valence-corrected chi connectivity index (χ0v) is 33.7. The van der Waals surface area contributed by atoms with Crippen molar-refractivity contribution in [3.8, 4) is 33.4 Å². The van der Waals surface area contributed by atoms with Crippen molar-refractivity contribution in [1.29, 1.82) is 0 Å². The van der Waals surface area contributed by atoms with Crippen molar-refractivity contribution in [3.05, 3.63) is 227 Å². The average Bonchev–Trinajstić information content (AvgIpc) is 3.98. The van der Waals surface area contributed by atoms with Crippen molar-refractivity contribution in [2.45, 2.75) is 37.5 Å². The molecule has 0 saturated heterocycles. The quantitative estimate of drug-likeness (QED) is 0.177. The molecule has 4 aliphatic carbocycles. The molecule has 0 aliphatic heterocycles. The third kappa shape index (κ3) is 4.33. The van der Waals surface area contributed by atoms with Gasteiger partial charge in [0.1, 0.15) is 11.2 Å². The van der Waals surface area contributed by atoms with Crippen LogP contribution in [0.3, 0.4) is 0 Å². The largest absolute Gasteiger partial charge is 0.456 e. The topological polar surface area (TPSA) is 16.4 Å². The molecular formula is C58H41NO. The van der Waals surface area contributed by atoms with E-state index < -0.39 is 5.41 Å². The Labute approximate surface area is 350 Å². The van der Waals surface area contributed by atoms with Crippen LogP contribution in [-0.4, -0.2) is 0 Å². The van der Waals surface area contributed by atoms with Crippen LogP contribution in [0.15, 0.2) is 198 Å². The van der Waals surface area contributed by atoms with Gasteiger partial charge in [-0.2, -0.15) is 0 Å². The summed E-state index contributed by atoms with van der Waals surface area (Å²) >= 11 is 0. The number of allylic oxidation sites excluding steroid dienone is 4. The van der Waals surface area contributed by atoms with Crippen LogP contribution < -0.4 is 4.90 Å². The maximum Gasteiger partial charge on any atom is 0.135 e. The van der Waals surface area contributed by atoms with Gasteiger partial charge in [-0.05, 0) is 128 Å². The molecule has 60 heavy (non-hydrogen) atoms. The number of para-hydroxylation sites is 2. The van der Waals surface area contributed by atoms with Gasteiger partial charge in [0.2, 0.25) is 0 Å². The molecule has 0 N–H and O–H groups in total. The van der Waals surface area contributed by atoms with Crippen molar-refractivity contribution in [1.82, 2.24) is 0 Å². The van der Waals surface area contributed by atoms with E-state index in [1.807, 2.05) is 0 Å². The number of hydrogen-bond acceptors (Lipinski definition) is 2. The number of nitrogens with zero attached hydrogens (tertiary/aromatic N) is 1. The molecule has 0 radical (unpaired) electrons. The van der Waals surface area contributed by atoms with Gasteiger partial charge in [0.25, 0.3) is 0 Å². The van der Waals surface area contributed by atoms with E-state index in [1.165, 1.54) is 83.6 Å². The number of furan rings is 1. The molecule has 4 aliphatic rings. The lowest BCUT2D eigenvalue weighted by Crippen LogP contribution is -2.26. The molecule has 2 heteroatoms. The molecule has 0 fully saturated rings. The standard InChI is InChI=1S/C58H41NO/c1-57(2)47-25-11-6-20-39(47)43-24-16-29-53(56(43)57)59(52-28-14-9-19-38(52)36-17-4-3-5-18-36)37-31-32-50-44(33-37)40-21-7-12-26-48(40)58(50)49-27-13-8-22-41(49)45-34-46-42-23-10-15-30-54(42)60-55(46)35-51(45)58/h3-5,7-10,12-35H,6,11H2,1-2H3. The summed E-state index contributed by atoms with van der Waals surface area (Å²) in [5, 5.41) is 2.32. The van der Waals surface area contributed by atoms with Crippen LogP contribution in [0.25, 0.3) is 60.9 Å². The average molecular weight is 768 g/mol. The first-order chi connectivity index (χ1) is 29.5. The second kappa shape index (κ2) is 12.2. The normalized spacial score (nSPS) is 17.4. The molecule has 0 bridgehead atoms. The second-order valence-electron chi connectivity index (χ2n) is 17.4. The van der Waals surface area contributed by atoms with Crippen molar-refractivity contribution in [2.75, 3.05) is 4.90 Å². The zero-order chi connectivity index (χ0) is 39.7. The summed E-state index contributed by atoms with van der Waals surface area (Å²) in [6.07, 6.45) is 7.13. The number of anilines is 3. The molecule has 9 aromatic rings. The lowest BCUT2D eigenvalue weighted by molar-refractivity contribution is 0.655. The van der Waals surface area contributed by atoms with Crippen LogP contribution in [0.1, 0.15) is 60.1 Å². The zero-order valence-electron chi connectivity index (χ0n) is 33.7. The van der Waals surface area contributed by atoms with Gasteiger partial charge >= 0.3 is 0 Å². The van der Waals surface area contributed by atoms with Gasteiger partial charge in [0, 0.05) is 27.4 Å². The van der Waals surface area contributed by atoms with Crippen LogP contribution >= 0.6 is 0 Å². The van der Waals surface area contributed by atoms with Crippen LogP contribution in [0.5, 0.6) is 0 Å².